The van der Waals surface area contributed by atoms with E-state index in [4.69, 9.17) is 5.11 Å². The van der Waals surface area contributed by atoms with Crippen LogP contribution < -0.4 is 10.6 Å². The molecule has 7 nitrogen and oxygen atoms in total. The maximum Gasteiger partial charge on any atom is 0.393 e. The van der Waals surface area contributed by atoms with Crippen LogP contribution in [-0.2, 0) is 9.59 Å². The van der Waals surface area contributed by atoms with Gasteiger partial charge in [-0.3, -0.25) is 19.8 Å². The van der Waals surface area contributed by atoms with Crippen molar-refractivity contribution < 1.29 is 32.7 Å². The van der Waals surface area contributed by atoms with Crippen molar-refractivity contribution in [2.24, 2.45) is 17.8 Å². The van der Waals surface area contributed by atoms with Crippen molar-refractivity contribution >= 4 is 17.9 Å². The van der Waals surface area contributed by atoms with Crippen LogP contribution in [-0.4, -0.2) is 59.8 Å². The molecule has 0 aromatic carbocycles. The average Bonchev–Trinajstić information content (AvgIpc) is 2.89. The summed E-state index contributed by atoms with van der Waals surface area (Å²) in [6.45, 7) is 4.40. The summed E-state index contributed by atoms with van der Waals surface area (Å²) in [5.74, 6) is -5.83. The maximum absolute atomic E-state index is 12.9. The van der Waals surface area contributed by atoms with Gasteiger partial charge in [-0.25, -0.2) is 4.79 Å². The van der Waals surface area contributed by atoms with Crippen LogP contribution in [0.5, 0.6) is 0 Å². The van der Waals surface area contributed by atoms with E-state index >= 15 is 0 Å². The highest BCUT2D eigenvalue weighted by atomic mass is 19.4. The monoisotopic (exact) mass is 353 g/mol. The molecule has 1 rings (SSSR count). The number of amides is 3. The van der Waals surface area contributed by atoms with Crippen molar-refractivity contribution in [1.82, 2.24) is 15.5 Å². The van der Waals surface area contributed by atoms with Gasteiger partial charge >= 0.3 is 18.2 Å². The first kappa shape index (κ1) is 20.2. The van der Waals surface area contributed by atoms with E-state index < -0.39 is 55.1 Å². The van der Waals surface area contributed by atoms with Crippen molar-refractivity contribution in [3.8, 4) is 0 Å². The highest BCUT2D eigenvalue weighted by Gasteiger charge is 2.53. The van der Waals surface area contributed by atoms with E-state index in [9.17, 15) is 27.6 Å². The second-order valence-corrected chi connectivity index (χ2v) is 6.32. The molecular formula is C14H22F3N3O4. The number of carbonyl (C=O) groups excluding carboxylic acids is 2. The van der Waals surface area contributed by atoms with Gasteiger partial charge in [0.05, 0.1) is 17.9 Å². The zero-order valence-electron chi connectivity index (χ0n) is 13.7. The summed E-state index contributed by atoms with van der Waals surface area (Å²) in [7, 11) is 0. The number of likely N-dealkylation sites (tertiary alicyclic amines) is 1. The van der Waals surface area contributed by atoms with Gasteiger partial charge in [-0.2, -0.15) is 13.2 Å². The van der Waals surface area contributed by atoms with E-state index in [0.29, 0.717) is 6.54 Å². The number of nitrogens with zero attached hydrogens (tertiary/aromatic N) is 1. The fourth-order valence-corrected chi connectivity index (χ4v) is 2.46. The lowest BCUT2D eigenvalue weighted by Gasteiger charge is -2.23. The highest BCUT2D eigenvalue weighted by Crippen LogP contribution is 2.38. The second kappa shape index (κ2) is 7.82. The molecular weight excluding hydrogens is 331 g/mol. The minimum Gasteiger partial charge on any atom is -0.481 e. The number of rotatable bonds is 5. The largest absolute Gasteiger partial charge is 0.481 e. The number of hydrogen-bond donors (Lipinski definition) is 3. The van der Waals surface area contributed by atoms with E-state index in [1.807, 2.05) is 13.8 Å². The standard InChI is InChI=1S/C14H22F3N3O4/c1-7(2)4-18-13(24)19-11(21)8(3)20-5-9(12(22)23)10(6-20)14(15,16)17/h7-10H,4-6H2,1-3H3,(H,22,23)(H2,18,19,21,24)/t8?,9-,10-/m1/s1. The van der Waals surface area contributed by atoms with Crippen molar-refractivity contribution in [2.75, 3.05) is 19.6 Å². The number of urea groups is 1. The van der Waals surface area contributed by atoms with Crippen LogP contribution in [0.15, 0.2) is 0 Å². The van der Waals surface area contributed by atoms with Gasteiger partial charge in [0.15, 0.2) is 0 Å². The van der Waals surface area contributed by atoms with Crippen LogP contribution in [0.2, 0.25) is 0 Å². The van der Waals surface area contributed by atoms with Crippen molar-refractivity contribution in [3.05, 3.63) is 0 Å². The van der Waals surface area contributed by atoms with Crippen LogP contribution in [0.4, 0.5) is 18.0 Å². The molecule has 1 saturated heterocycles. The Morgan fingerprint density at radius 2 is 1.79 bits per heavy atom. The summed E-state index contributed by atoms with van der Waals surface area (Å²) in [6.07, 6.45) is -4.66. The molecule has 0 aromatic heterocycles. The zero-order chi connectivity index (χ0) is 18.7. The Bertz CT molecular complexity index is 496. The Balaban J connectivity index is 2.67. The molecule has 1 unspecified atom stereocenters. The molecule has 0 aliphatic carbocycles. The SMILES string of the molecule is CC(C)CNC(=O)NC(=O)C(C)N1C[C@@H](C(F)(F)F)[C@H](C(=O)O)C1. The van der Waals surface area contributed by atoms with Crippen molar-refractivity contribution in [3.63, 3.8) is 0 Å². The number of carboxylic acids is 1. The van der Waals surface area contributed by atoms with Gasteiger partial charge < -0.3 is 10.4 Å². The van der Waals surface area contributed by atoms with Crippen molar-refractivity contribution in [2.45, 2.75) is 33.0 Å². The van der Waals surface area contributed by atoms with Crippen LogP contribution >= 0.6 is 0 Å². The van der Waals surface area contributed by atoms with Crippen molar-refractivity contribution in [1.29, 1.82) is 0 Å². The van der Waals surface area contributed by atoms with Gasteiger partial charge in [0.1, 0.15) is 0 Å². The first-order valence-corrected chi connectivity index (χ1v) is 7.55. The Labute approximate surface area is 137 Å². The predicted molar refractivity (Wildman–Crippen MR) is 78.1 cm³/mol. The summed E-state index contributed by atoms with van der Waals surface area (Å²) in [5.41, 5.74) is 0. The maximum atomic E-state index is 12.9. The van der Waals surface area contributed by atoms with Crippen LogP contribution in [0.1, 0.15) is 20.8 Å². The third-order valence-electron chi connectivity index (χ3n) is 3.92. The summed E-state index contributed by atoms with van der Waals surface area (Å²) < 4.78 is 38.8. The van der Waals surface area contributed by atoms with Gasteiger partial charge in [0.25, 0.3) is 0 Å². The molecule has 1 aliphatic heterocycles. The predicted octanol–water partition coefficient (Wildman–Crippen LogP) is 1.05. The molecule has 3 N–H and O–H groups in total. The molecule has 3 amide bonds. The quantitative estimate of drug-likeness (QED) is 0.686. The van der Waals surface area contributed by atoms with Crippen LogP contribution in [0.3, 0.4) is 0 Å². The lowest BCUT2D eigenvalue weighted by atomic mass is 9.96. The smallest absolute Gasteiger partial charge is 0.393 e. The Kier molecular flexibility index (Phi) is 6.58. The van der Waals surface area contributed by atoms with E-state index in [1.165, 1.54) is 6.92 Å². The summed E-state index contributed by atoms with van der Waals surface area (Å²) in [5, 5.41) is 13.5. The first-order valence-electron chi connectivity index (χ1n) is 7.55. The molecule has 1 fully saturated rings. The molecule has 1 heterocycles. The molecule has 24 heavy (non-hydrogen) atoms. The number of nitrogens with one attached hydrogen (secondary N) is 2. The summed E-state index contributed by atoms with van der Waals surface area (Å²) in [4.78, 5) is 35.7. The van der Waals surface area contributed by atoms with Gasteiger partial charge in [-0.1, -0.05) is 13.8 Å². The second-order valence-electron chi connectivity index (χ2n) is 6.32. The fraction of sp³-hybridized carbons (Fsp3) is 0.786. The normalized spacial score (nSPS) is 23.1. The third kappa shape index (κ3) is 5.36. The molecule has 138 valence electrons. The van der Waals surface area contributed by atoms with Crippen LogP contribution in [0.25, 0.3) is 0 Å². The number of halogens is 3. The average molecular weight is 353 g/mol. The number of aliphatic carboxylic acids is 1. The van der Waals surface area contributed by atoms with Gasteiger partial charge in [0, 0.05) is 19.6 Å². The van der Waals surface area contributed by atoms with Gasteiger partial charge in [-0.15, -0.1) is 0 Å². The van der Waals surface area contributed by atoms with E-state index in [1.54, 1.807) is 0 Å². The molecule has 0 spiro atoms. The fourth-order valence-electron chi connectivity index (χ4n) is 2.46. The number of alkyl halides is 3. The number of carbonyl (C=O) groups is 3. The number of imide groups is 1. The van der Waals surface area contributed by atoms with E-state index in [0.717, 1.165) is 4.90 Å². The molecule has 10 heteroatoms. The van der Waals surface area contributed by atoms with Gasteiger partial charge in [-0.05, 0) is 12.8 Å². The summed E-state index contributed by atoms with van der Waals surface area (Å²) >= 11 is 0. The zero-order valence-corrected chi connectivity index (χ0v) is 13.7. The minimum atomic E-state index is -4.66. The summed E-state index contributed by atoms with van der Waals surface area (Å²) in [6, 6.07) is -1.79. The lowest BCUT2D eigenvalue weighted by Crippen LogP contribution is -2.49. The molecule has 0 saturated carbocycles. The Morgan fingerprint density at radius 1 is 1.21 bits per heavy atom. The number of carboxylic acid groups (broad SMARTS) is 1. The number of hydrogen-bond acceptors (Lipinski definition) is 4. The van der Waals surface area contributed by atoms with Gasteiger partial charge in [0.2, 0.25) is 5.91 Å². The van der Waals surface area contributed by atoms with E-state index in [2.05, 4.69) is 10.6 Å². The third-order valence-corrected chi connectivity index (χ3v) is 3.92. The molecule has 0 aromatic rings. The Morgan fingerprint density at radius 3 is 2.21 bits per heavy atom. The lowest BCUT2D eigenvalue weighted by molar-refractivity contribution is -0.188. The minimum absolute atomic E-state index is 0.172. The molecule has 0 radical (unpaired) electrons. The molecule has 3 atom stereocenters. The highest BCUT2D eigenvalue weighted by molar-refractivity contribution is 5.96. The van der Waals surface area contributed by atoms with E-state index in [-0.39, 0.29) is 5.92 Å². The Hall–Kier alpha value is -1.84. The molecule has 1 aliphatic rings. The molecule has 0 bridgehead atoms. The first-order chi connectivity index (χ1) is 10.9. The van der Waals surface area contributed by atoms with Crippen LogP contribution in [0, 0.1) is 17.8 Å². The topological polar surface area (TPSA) is 98.7 Å².